The fourth-order valence-electron chi connectivity index (χ4n) is 7.76. The highest BCUT2D eigenvalue weighted by Gasteiger charge is 2.36. The van der Waals surface area contributed by atoms with Crippen molar-refractivity contribution in [2.24, 2.45) is 0 Å². The minimum Gasteiger partial charge on any atom is -0.336 e. The van der Waals surface area contributed by atoms with Crippen LogP contribution in [0.3, 0.4) is 0 Å². The fourth-order valence-corrected chi connectivity index (χ4v) is 10.7. The van der Waals surface area contributed by atoms with Crippen LogP contribution in [-0.4, -0.2) is 109 Å². The van der Waals surface area contributed by atoms with Crippen molar-refractivity contribution >= 4 is 53.7 Å². The maximum Gasteiger partial charge on any atom is 0.416 e. The number of nitrogens with zero attached hydrogens (tertiary/aromatic N) is 7. The Morgan fingerprint density at radius 2 is 1.13 bits per heavy atom. The van der Waals surface area contributed by atoms with E-state index in [9.17, 15) is 39.6 Å². The standard InChI is InChI=1S/C23H22N4O3S.C22H20F3N3O3S/c1-16-15-26(31(29,30)20-8-5-18(14-24)6-9-20)12-13-27(16)23(28)21-10-7-19-4-3-11-25-22(19)17(21)2;1-15-19(9-4-16-3-2-10-26-20(15)16)21(29)27-11-13-28(14-12-27)32(30,31)18-7-5-17(6-8-18)22(23,24)25/h3-11,16H,12-13,15H2,1-2H3;2-10H,11-14H2,1H3/t16-;/m0./s1. The molecule has 0 radical (unpaired) electrons. The molecule has 2 aliphatic rings. The summed E-state index contributed by atoms with van der Waals surface area (Å²) >= 11 is 0. The average molecular weight is 898 g/mol. The number of carbonyl (C=O) groups is 2. The van der Waals surface area contributed by atoms with E-state index in [4.69, 9.17) is 5.26 Å². The van der Waals surface area contributed by atoms with Crippen LogP contribution in [-0.2, 0) is 26.2 Å². The first-order chi connectivity index (χ1) is 29.9. The number of halogens is 3. The van der Waals surface area contributed by atoms with Crippen molar-refractivity contribution in [1.82, 2.24) is 28.4 Å². The lowest BCUT2D eigenvalue weighted by atomic mass is 10.0. The van der Waals surface area contributed by atoms with Crippen molar-refractivity contribution in [1.29, 1.82) is 5.26 Å². The first-order valence-corrected chi connectivity index (χ1v) is 22.8. The van der Waals surface area contributed by atoms with Crippen molar-refractivity contribution in [3.63, 3.8) is 0 Å². The maximum absolute atomic E-state index is 13.3. The molecular formula is C45H42F3N7O6S2. The van der Waals surface area contributed by atoms with E-state index in [1.54, 1.807) is 28.3 Å². The lowest BCUT2D eigenvalue weighted by Crippen LogP contribution is -2.55. The summed E-state index contributed by atoms with van der Waals surface area (Å²) in [5.41, 5.74) is 3.70. The highest BCUT2D eigenvalue weighted by atomic mass is 32.2. The van der Waals surface area contributed by atoms with Crippen LogP contribution in [0.15, 0.2) is 119 Å². The minimum absolute atomic E-state index is 0.0555. The number of aryl methyl sites for hydroxylation is 2. The van der Waals surface area contributed by atoms with Gasteiger partial charge in [-0.15, -0.1) is 0 Å². The Balaban J connectivity index is 0.000000189. The van der Waals surface area contributed by atoms with Crippen LogP contribution < -0.4 is 0 Å². The van der Waals surface area contributed by atoms with Gasteiger partial charge in [-0.05, 0) is 105 Å². The third-order valence-electron chi connectivity index (χ3n) is 11.3. The molecule has 63 heavy (non-hydrogen) atoms. The third-order valence-corrected chi connectivity index (χ3v) is 15.1. The predicted molar refractivity (Wildman–Crippen MR) is 229 cm³/mol. The summed E-state index contributed by atoms with van der Waals surface area (Å²) in [6.07, 6.45) is -1.17. The molecule has 2 saturated heterocycles. The number of hydrogen-bond acceptors (Lipinski definition) is 9. The second kappa shape index (κ2) is 17.8. The smallest absolute Gasteiger partial charge is 0.336 e. The molecule has 4 heterocycles. The van der Waals surface area contributed by atoms with Crippen LogP contribution in [0.5, 0.6) is 0 Å². The number of fused-ring (bicyclic) bond motifs is 2. The van der Waals surface area contributed by atoms with Gasteiger partial charge >= 0.3 is 6.18 Å². The van der Waals surface area contributed by atoms with Gasteiger partial charge in [0.15, 0.2) is 0 Å². The van der Waals surface area contributed by atoms with Crippen LogP contribution in [0.4, 0.5) is 13.2 Å². The SMILES string of the molecule is Cc1c(C(=O)N2CCN(S(=O)(=O)c3ccc(C#N)cc3)C[C@@H]2C)ccc2cccnc12.Cc1c(C(=O)N2CCN(S(=O)(=O)c3ccc(C(F)(F)F)cc3)CC2)ccc2cccnc12. The van der Waals surface area contributed by atoms with Crippen LogP contribution >= 0.6 is 0 Å². The van der Waals surface area contributed by atoms with Gasteiger partial charge in [0.1, 0.15) is 0 Å². The van der Waals surface area contributed by atoms with Crippen molar-refractivity contribution in [3.05, 3.63) is 143 Å². The van der Waals surface area contributed by atoms with E-state index >= 15 is 0 Å². The summed E-state index contributed by atoms with van der Waals surface area (Å²) in [7, 11) is -7.65. The first-order valence-electron chi connectivity index (χ1n) is 19.9. The molecule has 0 N–H and O–H groups in total. The molecule has 0 spiro atoms. The van der Waals surface area contributed by atoms with Gasteiger partial charge in [-0.25, -0.2) is 16.8 Å². The third kappa shape index (κ3) is 9.14. The molecule has 2 aromatic heterocycles. The number of aromatic nitrogens is 2. The molecular weight excluding hydrogens is 856 g/mol. The van der Waals surface area contributed by atoms with Crippen molar-refractivity contribution in [3.8, 4) is 6.07 Å². The maximum atomic E-state index is 13.3. The molecule has 326 valence electrons. The number of amides is 2. The van der Waals surface area contributed by atoms with Crippen LogP contribution in [0.1, 0.15) is 49.9 Å². The zero-order valence-corrected chi connectivity index (χ0v) is 36.1. The number of rotatable bonds is 6. The van der Waals surface area contributed by atoms with E-state index in [1.165, 1.54) is 32.9 Å². The molecule has 0 bridgehead atoms. The Labute approximate surface area is 363 Å². The molecule has 8 rings (SSSR count). The number of sulfonamides is 2. The van der Waals surface area contributed by atoms with Gasteiger partial charge in [-0.3, -0.25) is 19.6 Å². The summed E-state index contributed by atoms with van der Waals surface area (Å²) < 4.78 is 92.5. The van der Waals surface area contributed by atoms with Gasteiger partial charge in [0, 0.05) is 86.1 Å². The molecule has 13 nitrogen and oxygen atoms in total. The first kappa shape index (κ1) is 44.8. The fraction of sp³-hybridized carbons (Fsp3) is 0.267. The normalized spacial score (nSPS) is 16.6. The summed E-state index contributed by atoms with van der Waals surface area (Å²) in [4.78, 5) is 38.3. The van der Waals surface area contributed by atoms with Gasteiger partial charge in [0.05, 0.1) is 38.0 Å². The predicted octanol–water partition coefficient (Wildman–Crippen LogP) is 6.66. The molecule has 0 saturated carbocycles. The molecule has 2 fully saturated rings. The molecule has 6 aromatic rings. The van der Waals surface area contributed by atoms with E-state index in [2.05, 4.69) is 9.97 Å². The minimum atomic E-state index is -4.54. The number of carbonyl (C=O) groups excluding carboxylic acids is 2. The summed E-state index contributed by atoms with van der Waals surface area (Å²) in [5, 5.41) is 10.8. The lowest BCUT2D eigenvalue weighted by molar-refractivity contribution is -0.137. The molecule has 4 aromatic carbocycles. The van der Waals surface area contributed by atoms with E-state index in [1.807, 2.05) is 69.3 Å². The summed E-state index contributed by atoms with van der Waals surface area (Å²) in [5.74, 6) is -0.324. The second-order valence-electron chi connectivity index (χ2n) is 15.2. The zero-order valence-electron chi connectivity index (χ0n) is 34.4. The largest absolute Gasteiger partial charge is 0.416 e. The van der Waals surface area contributed by atoms with Crippen molar-refractivity contribution in [2.75, 3.05) is 45.8 Å². The molecule has 2 amide bonds. The Kier molecular flexibility index (Phi) is 12.7. The van der Waals surface area contributed by atoms with Crippen molar-refractivity contribution < 1.29 is 39.6 Å². The lowest BCUT2D eigenvalue weighted by Gasteiger charge is -2.39. The Morgan fingerprint density at radius 1 is 0.651 bits per heavy atom. The molecule has 0 unspecified atom stereocenters. The number of piperazine rings is 2. The number of alkyl halides is 3. The van der Waals surface area contributed by atoms with Crippen LogP contribution in [0.25, 0.3) is 21.8 Å². The average Bonchev–Trinajstić information content (AvgIpc) is 3.29. The van der Waals surface area contributed by atoms with Gasteiger partial charge < -0.3 is 9.80 Å². The topological polar surface area (TPSA) is 165 Å². The molecule has 18 heteroatoms. The summed E-state index contributed by atoms with van der Waals surface area (Å²) in [6, 6.07) is 25.8. The van der Waals surface area contributed by atoms with Crippen molar-refractivity contribution in [2.45, 2.75) is 42.8 Å². The highest BCUT2D eigenvalue weighted by Crippen LogP contribution is 2.31. The van der Waals surface area contributed by atoms with Crippen LogP contribution in [0.2, 0.25) is 0 Å². The second-order valence-corrected chi connectivity index (χ2v) is 19.1. The number of pyridine rings is 2. The monoisotopic (exact) mass is 897 g/mol. The van der Waals surface area contributed by atoms with Gasteiger partial charge in [0.2, 0.25) is 20.0 Å². The van der Waals surface area contributed by atoms with E-state index < -0.39 is 31.8 Å². The number of hydrogen-bond donors (Lipinski definition) is 0. The quantitative estimate of drug-likeness (QED) is 0.178. The number of nitriles is 1. The van der Waals surface area contributed by atoms with Gasteiger partial charge in [-0.1, -0.05) is 24.3 Å². The molecule has 2 aliphatic heterocycles. The van der Waals surface area contributed by atoms with Gasteiger partial charge in [0.25, 0.3) is 11.8 Å². The van der Waals surface area contributed by atoms with E-state index in [0.29, 0.717) is 23.2 Å². The summed E-state index contributed by atoms with van der Waals surface area (Å²) in [6.45, 7) is 6.76. The number of benzene rings is 4. The Bertz CT molecular complexity index is 2970. The van der Waals surface area contributed by atoms with Crippen LogP contribution in [0, 0.1) is 25.2 Å². The Hall–Kier alpha value is -6.26. The molecule has 1 atom stereocenters. The zero-order chi connectivity index (χ0) is 45.3. The van der Waals surface area contributed by atoms with E-state index in [-0.39, 0.29) is 66.9 Å². The van der Waals surface area contributed by atoms with Gasteiger partial charge in [-0.2, -0.15) is 27.0 Å². The molecule has 0 aliphatic carbocycles. The highest BCUT2D eigenvalue weighted by molar-refractivity contribution is 7.89. The van der Waals surface area contributed by atoms with E-state index in [0.717, 1.165) is 57.2 Å². The Morgan fingerprint density at radius 3 is 1.62 bits per heavy atom.